The van der Waals surface area contributed by atoms with Crippen LogP contribution in [0.25, 0.3) is 0 Å². The molecule has 1 aliphatic rings. The number of aliphatic hydroxyl groups is 3. The van der Waals surface area contributed by atoms with Crippen LogP contribution in [-0.2, 0) is 18.9 Å². The van der Waals surface area contributed by atoms with E-state index in [-0.39, 0.29) is 19.8 Å². The first-order valence-electron chi connectivity index (χ1n) is 34.4. The fraction of sp³-hybridized carbons (Fsp3) is 1.00. The molecule has 14 heteroatoms. The number of likely N-dealkylation sites (N-methyl/N-ethyl adjacent to an activating group) is 1. The van der Waals surface area contributed by atoms with Crippen LogP contribution in [0, 0.1) is 0 Å². The number of methoxy groups -OCH3 is 4. The maximum atomic E-state index is 8.68. The van der Waals surface area contributed by atoms with Crippen LogP contribution in [0.1, 0.15) is 192 Å². The lowest BCUT2D eigenvalue weighted by Gasteiger charge is -2.39. The Labute approximate surface area is 517 Å². The Morgan fingerprint density at radius 2 is 0.537 bits per heavy atom. The maximum Gasteiger partial charge on any atom is 0.103 e. The molecular weight excluding hydrogens is 1030 g/mol. The molecule has 0 amide bonds. The van der Waals surface area contributed by atoms with Crippen LogP contribution in [0.5, 0.6) is 0 Å². The fourth-order valence-corrected chi connectivity index (χ4v) is 11.3. The minimum absolute atomic E-state index is 0.0938. The molecule has 82 heavy (non-hydrogen) atoms. The van der Waals surface area contributed by atoms with E-state index in [0.717, 1.165) is 67.6 Å². The Balaban J connectivity index is -0.000000210. The van der Waals surface area contributed by atoms with Crippen LogP contribution in [0.4, 0.5) is 0 Å². The number of hydrogen-bond acceptors (Lipinski definition) is 7. The van der Waals surface area contributed by atoms with Gasteiger partial charge < -0.3 is 65.6 Å². The molecule has 504 valence electrons. The second-order valence-electron chi connectivity index (χ2n) is 26.8. The summed E-state index contributed by atoms with van der Waals surface area (Å²) in [5, 5.41) is 26.0. The third-order valence-corrected chi connectivity index (χ3v) is 17.1. The van der Waals surface area contributed by atoms with Crippen molar-refractivity contribution in [2.45, 2.75) is 198 Å². The van der Waals surface area contributed by atoms with Crippen LogP contribution < -0.4 is 0 Å². The summed E-state index contributed by atoms with van der Waals surface area (Å²) in [7, 11) is 24.3. The van der Waals surface area contributed by atoms with E-state index < -0.39 is 0 Å². The minimum atomic E-state index is 0.0938. The number of hydrogen-bond donors (Lipinski definition) is 3. The van der Waals surface area contributed by atoms with Gasteiger partial charge in [0, 0.05) is 28.4 Å². The van der Waals surface area contributed by atoms with E-state index in [1.54, 1.807) is 28.4 Å². The van der Waals surface area contributed by atoms with Crippen molar-refractivity contribution < 1.29 is 65.6 Å². The van der Waals surface area contributed by atoms with Crippen molar-refractivity contribution in [1.82, 2.24) is 0 Å². The second-order valence-corrected chi connectivity index (χ2v) is 26.8. The van der Waals surface area contributed by atoms with Crippen molar-refractivity contribution in [2.24, 2.45) is 0 Å². The summed E-state index contributed by atoms with van der Waals surface area (Å²) in [5.74, 6) is 0. The number of unbranched alkanes of at least 4 members (excludes halogenated alkanes) is 4. The maximum absolute atomic E-state index is 8.68. The lowest BCUT2D eigenvalue weighted by molar-refractivity contribution is -0.929. The Morgan fingerprint density at radius 3 is 0.695 bits per heavy atom. The average molecular weight is 1190 g/mol. The van der Waals surface area contributed by atoms with Gasteiger partial charge in [0.15, 0.2) is 0 Å². The first kappa shape index (κ1) is 92.6. The zero-order valence-electron chi connectivity index (χ0n) is 61.1. The molecule has 0 aliphatic heterocycles. The predicted molar refractivity (Wildman–Crippen MR) is 361 cm³/mol. The third-order valence-electron chi connectivity index (χ3n) is 17.1. The lowest BCUT2D eigenvalue weighted by atomic mass is 9.94. The van der Waals surface area contributed by atoms with Gasteiger partial charge in [-0.15, -0.1) is 0 Å². The molecule has 0 aromatic rings. The molecule has 14 nitrogen and oxygen atoms in total. The lowest BCUT2D eigenvalue weighted by Crippen LogP contribution is -2.55. The van der Waals surface area contributed by atoms with Crippen molar-refractivity contribution in [1.29, 1.82) is 0 Å². The first-order valence-corrected chi connectivity index (χ1v) is 34.4. The van der Waals surface area contributed by atoms with Crippen LogP contribution in [0.3, 0.4) is 0 Å². The van der Waals surface area contributed by atoms with Crippen LogP contribution >= 0.6 is 0 Å². The average Bonchev–Trinajstić information content (AvgIpc) is 3.45. The van der Waals surface area contributed by atoms with Gasteiger partial charge in [-0.2, -0.15) is 0 Å². The predicted octanol–water partition coefficient (Wildman–Crippen LogP) is 11.5. The van der Waals surface area contributed by atoms with E-state index in [4.69, 9.17) is 34.3 Å². The highest BCUT2D eigenvalue weighted by Gasteiger charge is 2.28. The molecule has 0 bridgehead atoms. The summed E-state index contributed by atoms with van der Waals surface area (Å²) in [4.78, 5) is 0. The van der Waals surface area contributed by atoms with Crippen LogP contribution in [-0.4, -0.2) is 308 Å². The topological polar surface area (TPSA) is 97.6 Å². The monoisotopic (exact) mass is 1190 g/mol. The quantitative estimate of drug-likeness (QED) is 0.0523. The molecule has 0 spiro atoms. The van der Waals surface area contributed by atoms with Gasteiger partial charge in [-0.05, 0) is 105 Å². The van der Waals surface area contributed by atoms with Gasteiger partial charge in [0.1, 0.15) is 45.8 Å². The summed E-state index contributed by atoms with van der Waals surface area (Å²) in [6.07, 6.45) is 23.7. The van der Waals surface area contributed by atoms with Gasteiger partial charge in [0.25, 0.3) is 0 Å². The molecule has 0 heterocycles. The highest BCUT2D eigenvalue weighted by molar-refractivity contribution is 4.64. The van der Waals surface area contributed by atoms with Crippen molar-refractivity contribution >= 4 is 0 Å². The van der Waals surface area contributed by atoms with Crippen molar-refractivity contribution in [3.63, 3.8) is 0 Å². The van der Waals surface area contributed by atoms with Crippen molar-refractivity contribution in [3.8, 4) is 0 Å². The van der Waals surface area contributed by atoms with Gasteiger partial charge >= 0.3 is 0 Å². The smallest absolute Gasteiger partial charge is 0.103 e. The molecule has 0 aromatic carbocycles. The van der Waals surface area contributed by atoms with E-state index in [1.807, 2.05) is 7.05 Å². The van der Waals surface area contributed by atoms with Crippen molar-refractivity contribution in [3.05, 3.63) is 0 Å². The van der Waals surface area contributed by atoms with Gasteiger partial charge in [-0.1, -0.05) is 87.5 Å². The molecule has 1 aliphatic carbocycles. The van der Waals surface area contributed by atoms with Gasteiger partial charge in [-0.3, -0.25) is 0 Å². The Morgan fingerprint density at radius 1 is 0.305 bits per heavy atom. The van der Waals surface area contributed by atoms with E-state index in [1.165, 1.54) is 206 Å². The van der Waals surface area contributed by atoms with E-state index in [9.17, 15) is 0 Å². The molecule has 0 radical (unpaired) electrons. The third kappa shape index (κ3) is 56.0. The number of rotatable bonds is 43. The van der Waals surface area contributed by atoms with Gasteiger partial charge in [0.05, 0.1) is 187 Å². The molecular formula is C68H162N7O7+7. The SMILES string of the molecule is CCCC[N+](CCCC)(CCCC)CCCC.CCC[N+](CCC)(CCC)CCC.CC[N+](CC)(CC)CC.COCC[N+](CCOC)(CCOC)CCOC.C[N+](C)(C)C.C[N+](C)(C)C1CCCCC1.C[N+](CCO)(CCO)CCO. The molecule has 1 rings (SSSR count). The zero-order valence-corrected chi connectivity index (χ0v) is 61.1. The van der Waals surface area contributed by atoms with E-state index in [2.05, 4.69) is 132 Å². The molecule has 3 N–H and O–H groups in total. The Bertz CT molecular complexity index is 1050. The summed E-state index contributed by atoms with van der Waals surface area (Å²) in [5.41, 5.74) is 0. The number of quaternary nitrogens is 7. The summed E-state index contributed by atoms with van der Waals surface area (Å²) in [6, 6.07) is 0.939. The number of nitrogens with zero attached hydrogens (tertiary/aromatic N) is 7. The molecule has 0 unspecified atom stereocenters. The fourth-order valence-electron chi connectivity index (χ4n) is 11.3. The van der Waals surface area contributed by atoms with E-state index in [0.29, 0.717) is 24.1 Å². The van der Waals surface area contributed by atoms with E-state index >= 15 is 0 Å². The first-order chi connectivity index (χ1) is 38.8. The second kappa shape index (κ2) is 60.7. The molecule has 1 saturated carbocycles. The van der Waals surface area contributed by atoms with Crippen LogP contribution in [0.15, 0.2) is 0 Å². The van der Waals surface area contributed by atoms with Crippen molar-refractivity contribution in [2.75, 3.05) is 255 Å². The van der Waals surface area contributed by atoms with Gasteiger partial charge in [0.2, 0.25) is 0 Å². The normalized spacial score (nSPS) is 13.4. The largest absolute Gasteiger partial charge is 0.391 e. The highest BCUT2D eigenvalue weighted by atomic mass is 16.5. The number of ether oxygens (including phenoxy) is 4. The highest BCUT2D eigenvalue weighted by Crippen LogP contribution is 2.24. The molecule has 1 fully saturated rings. The number of aliphatic hydroxyl groups excluding tert-OH is 3. The molecule has 0 saturated heterocycles. The Kier molecular flexibility index (Phi) is 68.6. The Hall–Kier alpha value is -0.560. The standard InChI is InChI=1S/C16H36N.C12H28NO4.C12H28N.C9H20N.C8H20N.C7H18NO3.C4H12N/c1-5-9-13-17(14-10-6-2,15-11-7-3)16-12-8-4;1-14-9-5-13(6-10-15-2,7-11-16-3)8-12-17-4;1-5-9-13(10-6-2,11-7-3)12-8-4;1-10(2,3)9-7-5-4-6-8-9;1-5-9(6-2,7-3)8-4;1-8(2-5-9,3-6-10)4-7-11;1-5(2,3)4/h5-16H2,1-4H3;5-12H2,1-4H3;5-12H2,1-4H3;9H,4-8H2,1-3H3;5-8H2,1-4H3;9-11H,2-7H2,1H3;1-4H3/q7*+1. The molecule has 0 aromatic heterocycles. The summed E-state index contributed by atoms with van der Waals surface area (Å²) in [6.45, 7) is 52.9. The summed E-state index contributed by atoms with van der Waals surface area (Å²) >= 11 is 0. The molecule has 0 atom stereocenters. The van der Waals surface area contributed by atoms with Gasteiger partial charge in [-0.25, -0.2) is 0 Å². The minimum Gasteiger partial charge on any atom is -0.391 e. The van der Waals surface area contributed by atoms with Crippen LogP contribution in [0.2, 0.25) is 0 Å². The zero-order chi connectivity index (χ0) is 64.3. The summed E-state index contributed by atoms with van der Waals surface area (Å²) < 4.78 is 28.5.